The van der Waals surface area contributed by atoms with Gasteiger partial charge in [0, 0.05) is 18.7 Å². The highest BCUT2D eigenvalue weighted by molar-refractivity contribution is 5.89. The number of ether oxygens (including phenoxy) is 3. The van der Waals surface area contributed by atoms with E-state index in [9.17, 15) is 24.3 Å². The van der Waals surface area contributed by atoms with Crippen LogP contribution in [0.1, 0.15) is 28.6 Å². The van der Waals surface area contributed by atoms with Gasteiger partial charge in [-0.3, -0.25) is 9.36 Å². The standard InChI is InChI=1S/C24H22N2O8/c27-20-11-12-25(24(31)26(20)15-32-14-16-7-3-1-4-8-16)21-18(13-19(33-21)22(28)29)34-23(30)17-9-5-2-6-10-17/h1-12,18-19,21H,13-15H2,(H,28,29)/t18?,19-,21+/m0/s1. The first kappa shape index (κ1) is 23.1. The molecule has 2 aromatic carbocycles. The molecule has 0 saturated carbocycles. The summed E-state index contributed by atoms with van der Waals surface area (Å²) in [6.45, 7) is -0.142. The number of rotatable bonds is 8. The lowest BCUT2D eigenvalue weighted by atomic mass is 10.2. The highest BCUT2D eigenvalue weighted by atomic mass is 16.6. The van der Waals surface area contributed by atoms with Crippen LogP contribution >= 0.6 is 0 Å². The van der Waals surface area contributed by atoms with Crippen molar-refractivity contribution in [2.45, 2.75) is 38.2 Å². The molecule has 34 heavy (non-hydrogen) atoms. The molecule has 1 aliphatic rings. The van der Waals surface area contributed by atoms with Crippen LogP contribution in [0.25, 0.3) is 0 Å². The van der Waals surface area contributed by atoms with Crippen molar-refractivity contribution in [1.82, 2.24) is 9.13 Å². The van der Waals surface area contributed by atoms with Crippen LogP contribution in [0.5, 0.6) is 0 Å². The molecule has 1 aromatic heterocycles. The first-order chi connectivity index (χ1) is 16.4. The summed E-state index contributed by atoms with van der Waals surface area (Å²) in [4.78, 5) is 49.5. The molecule has 0 amide bonds. The topological polar surface area (TPSA) is 126 Å². The molecule has 1 aliphatic heterocycles. The van der Waals surface area contributed by atoms with E-state index < -0.39 is 41.6 Å². The molecule has 1 saturated heterocycles. The molecule has 10 heteroatoms. The molecule has 0 radical (unpaired) electrons. The second-order valence-corrected chi connectivity index (χ2v) is 7.63. The predicted octanol–water partition coefficient (Wildman–Crippen LogP) is 1.78. The number of hydrogen-bond donors (Lipinski definition) is 1. The fraction of sp³-hybridized carbons (Fsp3) is 0.250. The number of carbonyl (C=O) groups excluding carboxylic acids is 1. The highest BCUT2D eigenvalue weighted by Crippen LogP contribution is 2.31. The van der Waals surface area contributed by atoms with Gasteiger partial charge in [0.15, 0.2) is 18.4 Å². The summed E-state index contributed by atoms with van der Waals surface area (Å²) in [7, 11) is 0. The van der Waals surface area contributed by atoms with Gasteiger partial charge in [-0.25, -0.2) is 19.0 Å². The van der Waals surface area contributed by atoms with Crippen molar-refractivity contribution >= 4 is 11.9 Å². The van der Waals surface area contributed by atoms with Gasteiger partial charge in [0.25, 0.3) is 5.56 Å². The van der Waals surface area contributed by atoms with Gasteiger partial charge < -0.3 is 19.3 Å². The maximum Gasteiger partial charge on any atom is 0.338 e. The summed E-state index contributed by atoms with van der Waals surface area (Å²) in [6, 6.07) is 18.5. The number of carbonyl (C=O) groups is 2. The van der Waals surface area contributed by atoms with Crippen LogP contribution in [-0.4, -0.2) is 38.4 Å². The van der Waals surface area contributed by atoms with Gasteiger partial charge in [-0.2, -0.15) is 0 Å². The molecule has 3 atom stereocenters. The maximum absolute atomic E-state index is 13.1. The molecule has 2 heterocycles. The third-order valence-corrected chi connectivity index (χ3v) is 5.31. The van der Waals surface area contributed by atoms with Gasteiger partial charge in [0.05, 0.1) is 12.2 Å². The molecule has 1 unspecified atom stereocenters. The zero-order valence-electron chi connectivity index (χ0n) is 18.0. The molecule has 1 N–H and O–H groups in total. The summed E-state index contributed by atoms with van der Waals surface area (Å²) in [5.41, 5.74) is -0.243. The summed E-state index contributed by atoms with van der Waals surface area (Å²) in [5.74, 6) is -1.94. The van der Waals surface area contributed by atoms with E-state index in [2.05, 4.69) is 0 Å². The first-order valence-corrected chi connectivity index (χ1v) is 10.5. The van der Waals surface area contributed by atoms with Gasteiger partial charge in [0.1, 0.15) is 6.73 Å². The average Bonchev–Trinajstić information content (AvgIpc) is 3.26. The number of aliphatic carboxylic acids is 1. The predicted molar refractivity (Wildman–Crippen MR) is 118 cm³/mol. The minimum atomic E-state index is -1.29. The zero-order valence-corrected chi connectivity index (χ0v) is 18.0. The van der Waals surface area contributed by atoms with Crippen LogP contribution < -0.4 is 11.2 Å². The normalized spacial score (nSPS) is 19.6. The number of hydrogen-bond acceptors (Lipinski definition) is 7. The number of nitrogens with zero attached hydrogens (tertiary/aromatic N) is 2. The van der Waals surface area contributed by atoms with E-state index >= 15 is 0 Å². The Hall–Kier alpha value is -4.02. The molecule has 0 aliphatic carbocycles. The van der Waals surface area contributed by atoms with Crippen LogP contribution in [0, 0.1) is 0 Å². The maximum atomic E-state index is 13.1. The Morgan fingerprint density at radius 2 is 1.68 bits per heavy atom. The minimum absolute atomic E-state index is 0.158. The van der Waals surface area contributed by atoms with E-state index in [-0.39, 0.29) is 25.3 Å². The molecule has 0 spiro atoms. The smallest absolute Gasteiger partial charge is 0.338 e. The van der Waals surface area contributed by atoms with Gasteiger partial charge in [-0.15, -0.1) is 0 Å². The Labute approximate surface area is 193 Å². The molecule has 4 rings (SSSR count). The van der Waals surface area contributed by atoms with Crippen molar-refractivity contribution in [2.75, 3.05) is 0 Å². The van der Waals surface area contributed by atoms with Crippen LogP contribution in [0.4, 0.5) is 0 Å². The number of esters is 1. The lowest BCUT2D eigenvalue weighted by Gasteiger charge is -2.21. The summed E-state index contributed by atoms with van der Waals surface area (Å²) < 4.78 is 18.5. The fourth-order valence-electron chi connectivity index (χ4n) is 3.60. The Kier molecular flexibility index (Phi) is 7.00. The van der Waals surface area contributed by atoms with Crippen molar-refractivity contribution in [1.29, 1.82) is 0 Å². The van der Waals surface area contributed by atoms with Gasteiger partial charge >= 0.3 is 17.6 Å². The van der Waals surface area contributed by atoms with Crippen LogP contribution in [0.15, 0.2) is 82.5 Å². The highest BCUT2D eigenvalue weighted by Gasteiger charge is 2.43. The summed E-state index contributed by atoms with van der Waals surface area (Å²) in [6.07, 6.45) is -2.56. The van der Waals surface area contributed by atoms with Crippen molar-refractivity contribution < 1.29 is 28.9 Å². The second kappa shape index (κ2) is 10.3. The summed E-state index contributed by atoms with van der Waals surface area (Å²) in [5, 5.41) is 9.41. The van der Waals surface area contributed by atoms with E-state index in [1.54, 1.807) is 30.3 Å². The molecule has 176 valence electrons. The molecular weight excluding hydrogens is 444 g/mol. The zero-order chi connectivity index (χ0) is 24.1. The van der Waals surface area contributed by atoms with E-state index in [1.165, 1.54) is 6.20 Å². The lowest BCUT2D eigenvalue weighted by Crippen LogP contribution is -2.43. The molecule has 10 nitrogen and oxygen atoms in total. The molecule has 0 bridgehead atoms. The molecule has 3 aromatic rings. The van der Waals surface area contributed by atoms with E-state index in [0.717, 1.165) is 20.8 Å². The monoisotopic (exact) mass is 466 g/mol. The Balaban J connectivity index is 1.56. The van der Waals surface area contributed by atoms with Gasteiger partial charge in [-0.05, 0) is 17.7 Å². The van der Waals surface area contributed by atoms with Gasteiger partial charge in [0.2, 0.25) is 0 Å². The third kappa shape index (κ3) is 5.13. The number of carboxylic acids is 1. The van der Waals surface area contributed by atoms with Crippen molar-refractivity contribution in [3.05, 3.63) is 105 Å². The number of carboxylic acid groups (broad SMARTS) is 1. The fourth-order valence-corrected chi connectivity index (χ4v) is 3.60. The van der Waals surface area contributed by atoms with Crippen molar-refractivity contribution in [3.8, 4) is 0 Å². The Morgan fingerprint density at radius 3 is 2.35 bits per heavy atom. The van der Waals surface area contributed by atoms with E-state index in [1.807, 2.05) is 30.3 Å². The second-order valence-electron chi connectivity index (χ2n) is 7.63. The average molecular weight is 466 g/mol. The SMILES string of the molecule is O=C(OC1C[C@@H](C(=O)O)O[C@H]1n1ccc(=O)n(COCc2ccccc2)c1=O)c1ccccc1. The lowest BCUT2D eigenvalue weighted by molar-refractivity contribution is -0.152. The van der Waals surface area contributed by atoms with Crippen LogP contribution in [0.3, 0.4) is 0 Å². The molecular formula is C24H22N2O8. The third-order valence-electron chi connectivity index (χ3n) is 5.31. The van der Waals surface area contributed by atoms with Crippen LogP contribution in [0.2, 0.25) is 0 Å². The van der Waals surface area contributed by atoms with Gasteiger partial charge in [-0.1, -0.05) is 48.5 Å². The van der Waals surface area contributed by atoms with E-state index in [4.69, 9.17) is 14.2 Å². The number of benzene rings is 2. The number of aromatic nitrogens is 2. The molecule has 1 fully saturated rings. The first-order valence-electron chi connectivity index (χ1n) is 10.5. The van der Waals surface area contributed by atoms with E-state index in [0.29, 0.717) is 0 Å². The van der Waals surface area contributed by atoms with Crippen LogP contribution in [-0.2, 0) is 32.3 Å². The Morgan fingerprint density at radius 1 is 1.00 bits per heavy atom. The quantitative estimate of drug-likeness (QED) is 0.498. The summed E-state index contributed by atoms with van der Waals surface area (Å²) >= 11 is 0. The Bertz CT molecular complexity index is 1270. The minimum Gasteiger partial charge on any atom is -0.479 e. The van der Waals surface area contributed by atoms with Crippen molar-refractivity contribution in [2.24, 2.45) is 0 Å². The largest absolute Gasteiger partial charge is 0.479 e. The van der Waals surface area contributed by atoms with Crippen molar-refractivity contribution in [3.63, 3.8) is 0 Å².